The Morgan fingerprint density at radius 2 is 1.93 bits per heavy atom. The summed E-state index contributed by atoms with van der Waals surface area (Å²) in [5, 5.41) is 13.0. The Morgan fingerprint density at radius 1 is 1.29 bits per heavy atom. The van der Waals surface area contributed by atoms with Crippen molar-refractivity contribution in [1.82, 2.24) is 5.32 Å². The van der Waals surface area contributed by atoms with Crippen molar-refractivity contribution in [2.24, 2.45) is 0 Å². The van der Waals surface area contributed by atoms with E-state index in [1.54, 1.807) is 0 Å². The maximum Gasteiger partial charge on any atom is 0.143 e. The molecule has 1 aromatic rings. The first-order chi connectivity index (χ1) is 6.68. The largest absolute Gasteiger partial charge is 0.506 e. The SMILES string of the molecule is Oc1c(Br)cc(C2CCCN2)cc1Br. The second-order valence-electron chi connectivity index (χ2n) is 3.48. The monoisotopic (exact) mass is 319 g/mol. The zero-order chi connectivity index (χ0) is 10.1. The minimum absolute atomic E-state index is 0.270. The molecule has 1 aromatic carbocycles. The fourth-order valence-corrected chi connectivity index (χ4v) is 2.98. The number of aromatic hydroxyl groups is 1. The molecule has 1 heterocycles. The summed E-state index contributed by atoms with van der Waals surface area (Å²) < 4.78 is 1.49. The van der Waals surface area contributed by atoms with Crippen LogP contribution >= 0.6 is 31.9 Å². The van der Waals surface area contributed by atoms with Gasteiger partial charge in [0.2, 0.25) is 0 Å². The average molecular weight is 321 g/mol. The first-order valence-electron chi connectivity index (χ1n) is 4.60. The normalized spacial score (nSPS) is 21.4. The number of halogens is 2. The zero-order valence-corrected chi connectivity index (χ0v) is 10.7. The van der Waals surface area contributed by atoms with Crippen molar-refractivity contribution < 1.29 is 5.11 Å². The Hall–Kier alpha value is -0.0600. The Morgan fingerprint density at radius 3 is 2.43 bits per heavy atom. The molecule has 1 fully saturated rings. The number of hydrogen-bond donors (Lipinski definition) is 2. The van der Waals surface area contributed by atoms with Crippen LogP contribution < -0.4 is 5.32 Å². The molecule has 14 heavy (non-hydrogen) atoms. The van der Waals surface area contributed by atoms with Gasteiger partial charge in [0.05, 0.1) is 8.95 Å². The Balaban J connectivity index is 2.34. The lowest BCUT2D eigenvalue weighted by molar-refractivity contribution is 0.467. The highest BCUT2D eigenvalue weighted by atomic mass is 79.9. The molecule has 0 radical (unpaired) electrons. The van der Waals surface area contributed by atoms with Crippen LogP contribution in [0.25, 0.3) is 0 Å². The highest BCUT2D eigenvalue weighted by Crippen LogP contribution is 2.36. The maximum absolute atomic E-state index is 9.56. The summed E-state index contributed by atoms with van der Waals surface area (Å²) in [5.41, 5.74) is 1.22. The lowest BCUT2D eigenvalue weighted by atomic mass is 10.1. The smallest absolute Gasteiger partial charge is 0.143 e. The molecule has 1 aliphatic heterocycles. The van der Waals surface area contributed by atoms with Gasteiger partial charge in [0, 0.05) is 6.04 Å². The molecule has 76 valence electrons. The average Bonchev–Trinajstić information content (AvgIpc) is 2.66. The summed E-state index contributed by atoms with van der Waals surface area (Å²) >= 11 is 6.67. The van der Waals surface area contributed by atoms with E-state index in [2.05, 4.69) is 37.2 Å². The van der Waals surface area contributed by atoms with E-state index >= 15 is 0 Å². The van der Waals surface area contributed by atoms with Gasteiger partial charge in [0.1, 0.15) is 5.75 Å². The second kappa shape index (κ2) is 4.21. The highest BCUT2D eigenvalue weighted by Gasteiger charge is 2.18. The summed E-state index contributed by atoms with van der Waals surface area (Å²) in [7, 11) is 0. The highest BCUT2D eigenvalue weighted by molar-refractivity contribution is 9.11. The van der Waals surface area contributed by atoms with E-state index in [1.807, 2.05) is 12.1 Å². The quantitative estimate of drug-likeness (QED) is 0.831. The standard InChI is InChI=1S/C10H11Br2NO/c11-7-4-6(5-8(12)10(7)14)9-2-1-3-13-9/h4-5,9,13-14H,1-3H2. The van der Waals surface area contributed by atoms with Gasteiger partial charge in [-0.05, 0) is 68.9 Å². The number of benzene rings is 1. The lowest BCUT2D eigenvalue weighted by Gasteiger charge is -2.12. The Kier molecular flexibility index (Phi) is 3.14. The maximum atomic E-state index is 9.56. The second-order valence-corrected chi connectivity index (χ2v) is 5.19. The van der Waals surface area contributed by atoms with E-state index in [0.29, 0.717) is 6.04 Å². The van der Waals surface area contributed by atoms with Crippen LogP contribution in [0.1, 0.15) is 24.4 Å². The van der Waals surface area contributed by atoms with Gasteiger partial charge in [0.15, 0.2) is 0 Å². The van der Waals surface area contributed by atoms with Gasteiger partial charge >= 0.3 is 0 Å². The van der Waals surface area contributed by atoms with Crippen LogP contribution in [0.4, 0.5) is 0 Å². The van der Waals surface area contributed by atoms with Crippen molar-refractivity contribution in [3.05, 3.63) is 26.6 Å². The van der Waals surface area contributed by atoms with Crippen molar-refractivity contribution in [3.63, 3.8) is 0 Å². The summed E-state index contributed by atoms with van der Waals surface area (Å²) in [5.74, 6) is 0.270. The number of rotatable bonds is 1. The summed E-state index contributed by atoms with van der Waals surface area (Å²) in [6, 6.07) is 4.38. The lowest BCUT2D eigenvalue weighted by Crippen LogP contribution is -2.12. The van der Waals surface area contributed by atoms with Crippen LogP contribution in [0.2, 0.25) is 0 Å². The molecular weight excluding hydrogens is 310 g/mol. The molecule has 1 atom stereocenters. The molecule has 0 bridgehead atoms. The Labute approximate surface area is 100.0 Å². The van der Waals surface area contributed by atoms with E-state index in [0.717, 1.165) is 15.5 Å². The van der Waals surface area contributed by atoms with Crippen LogP contribution in [-0.4, -0.2) is 11.7 Å². The Bertz CT molecular complexity index is 325. The fourth-order valence-electron chi connectivity index (χ4n) is 1.76. The summed E-state index contributed by atoms with van der Waals surface area (Å²) in [6.45, 7) is 1.08. The molecule has 2 N–H and O–H groups in total. The van der Waals surface area contributed by atoms with Crippen molar-refractivity contribution in [3.8, 4) is 5.75 Å². The molecule has 0 aliphatic carbocycles. The molecule has 4 heteroatoms. The third-order valence-electron chi connectivity index (χ3n) is 2.50. The minimum atomic E-state index is 0.270. The van der Waals surface area contributed by atoms with Crippen molar-refractivity contribution in [1.29, 1.82) is 0 Å². The van der Waals surface area contributed by atoms with Gasteiger partial charge in [0.25, 0.3) is 0 Å². The van der Waals surface area contributed by atoms with Gasteiger partial charge in [-0.15, -0.1) is 0 Å². The van der Waals surface area contributed by atoms with Crippen molar-refractivity contribution >= 4 is 31.9 Å². The fraction of sp³-hybridized carbons (Fsp3) is 0.400. The third-order valence-corrected chi connectivity index (χ3v) is 3.71. The van der Waals surface area contributed by atoms with E-state index in [-0.39, 0.29) is 5.75 Å². The predicted molar refractivity (Wildman–Crippen MR) is 63.5 cm³/mol. The van der Waals surface area contributed by atoms with Gasteiger partial charge < -0.3 is 10.4 Å². The number of phenols is 1. The molecule has 0 saturated carbocycles. The van der Waals surface area contributed by atoms with Gasteiger partial charge in [-0.25, -0.2) is 0 Å². The number of nitrogens with one attached hydrogen (secondary N) is 1. The van der Waals surface area contributed by atoms with Gasteiger partial charge in [-0.2, -0.15) is 0 Å². The topological polar surface area (TPSA) is 32.3 Å². The van der Waals surface area contributed by atoms with Crippen LogP contribution in [0.5, 0.6) is 5.75 Å². The summed E-state index contributed by atoms with van der Waals surface area (Å²) in [4.78, 5) is 0. The van der Waals surface area contributed by atoms with E-state index in [1.165, 1.54) is 18.4 Å². The third kappa shape index (κ3) is 1.97. The van der Waals surface area contributed by atoms with E-state index in [4.69, 9.17) is 0 Å². The van der Waals surface area contributed by atoms with Crippen LogP contribution in [0.3, 0.4) is 0 Å². The van der Waals surface area contributed by atoms with Crippen LogP contribution in [-0.2, 0) is 0 Å². The predicted octanol–water partition coefficient (Wildman–Crippen LogP) is 3.34. The zero-order valence-electron chi connectivity index (χ0n) is 7.56. The number of hydrogen-bond acceptors (Lipinski definition) is 2. The molecule has 0 amide bonds. The number of phenolic OH excluding ortho intramolecular Hbond substituents is 1. The molecule has 1 unspecified atom stereocenters. The van der Waals surface area contributed by atoms with Gasteiger partial charge in [-0.1, -0.05) is 0 Å². The van der Waals surface area contributed by atoms with Crippen molar-refractivity contribution in [2.75, 3.05) is 6.54 Å². The van der Waals surface area contributed by atoms with Gasteiger partial charge in [-0.3, -0.25) is 0 Å². The molecule has 0 spiro atoms. The van der Waals surface area contributed by atoms with E-state index < -0.39 is 0 Å². The van der Waals surface area contributed by atoms with Crippen LogP contribution in [0, 0.1) is 0 Å². The molecule has 0 aromatic heterocycles. The first-order valence-corrected chi connectivity index (χ1v) is 6.18. The molecular formula is C10H11Br2NO. The molecule has 1 aliphatic rings. The molecule has 1 saturated heterocycles. The van der Waals surface area contributed by atoms with E-state index in [9.17, 15) is 5.11 Å². The molecule has 2 rings (SSSR count). The summed E-state index contributed by atoms with van der Waals surface area (Å²) in [6.07, 6.45) is 2.39. The van der Waals surface area contributed by atoms with Crippen molar-refractivity contribution in [2.45, 2.75) is 18.9 Å². The van der Waals surface area contributed by atoms with Crippen LogP contribution in [0.15, 0.2) is 21.1 Å². The minimum Gasteiger partial charge on any atom is -0.506 e. The first kappa shape index (κ1) is 10.5. The molecule has 2 nitrogen and oxygen atoms in total.